The van der Waals surface area contributed by atoms with Crippen LogP contribution in [0.4, 0.5) is 13.2 Å². The van der Waals surface area contributed by atoms with Gasteiger partial charge in [-0.2, -0.15) is 13.2 Å². The van der Waals surface area contributed by atoms with Crippen LogP contribution >= 0.6 is 11.3 Å². The van der Waals surface area contributed by atoms with Crippen molar-refractivity contribution < 1.29 is 17.9 Å². The van der Waals surface area contributed by atoms with E-state index in [1.54, 1.807) is 23.5 Å². The maximum absolute atomic E-state index is 12.1. The van der Waals surface area contributed by atoms with E-state index in [1.165, 1.54) is 0 Å². The molecule has 0 amide bonds. The average molecular weight is 443 g/mol. The van der Waals surface area contributed by atoms with E-state index in [1.807, 2.05) is 19.1 Å². The van der Waals surface area contributed by atoms with Crippen LogP contribution in [0.15, 0.2) is 34.6 Å². The Morgan fingerprint density at radius 1 is 1.17 bits per heavy atom. The summed E-state index contributed by atoms with van der Waals surface area (Å²) in [5.74, 6) is 1.16. The second kappa shape index (κ2) is 11.9. The van der Waals surface area contributed by atoms with Crippen molar-refractivity contribution in [2.24, 2.45) is 4.99 Å². The number of thiazole rings is 1. The maximum atomic E-state index is 12.1. The van der Waals surface area contributed by atoms with Crippen molar-refractivity contribution in [2.45, 2.75) is 52.4 Å². The third kappa shape index (κ3) is 9.13. The second-order valence-electron chi connectivity index (χ2n) is 7.13. The highest BCUT2D eigenvalue weighted by molar-refractivity contribution is 7.09. The van der Waals surface area contributed by atoms with Gasteiger partial charge in [-0.25, -0.2) is 9.98 Å². The number of nitrogens with one attached hydrogen (secondary N) is 2. The number of alkyl halides is 3. The van der Waals surface area contributed by atoms with Crippen molar-refractivity contribution >= 4 is 17.3 Å². The molecule has 0 aliphatic carbocycles. The summed E-state index contributed by atoms with van der Waals surface area (Å²) in [6, 6.07) is 7.22. The minimum Gasteiger partial charge on any atom is -0.367 e. The number of rotatable bonds is 10. The highest BCUT2D eigenvalue weighted by Gasteiger charge is 2.27. The van der Waals surface area contributed by atoms with E-state index in [0.29, 0.717) is 18.0 Å². The summed E-state index contributed by atoms with van der Waals surface area (Å²) in [6.45, 7) is 6.91. The van der Waals surface area contributed by atoms with E-state index in [0.717, 1.165) is 41.7 Å². The van der Waals surface area contributed by atoms with Gasteiger partial charge in [0.05, 0.1) is 23.9 Å². The standard InChI is InChI=1S/C21H29F3N4OS/c1-4-25-20(26-10-9-18-13-30-19(28-18)15(2)3)27-11-16-5-7-17(8-6-16)12-29-14-21(22,23)24/h5-8,13,15H,4,9-12,14H2,1-3H3,(H2,25,26,27). The molecule has 2 rings (SSSR count). The lowest BCUT2D eigenvalue weighted by Crippen LogP contribution is -2.38. The van der Waals surface area contributed by atoms with Crippen LogP contribution in [-0.4, -0.2) is 36.8 Å². The molecule has 0 aliphatic rings. The van der Waals surface area contributed by atoms with Crippen LogP contribution in [0, 0.1) is 0 Å². The van der Waals surface area contributed by atoms with Crippen molar-refractivity contribution in [1.82, 2.24) is 15.6 Å². The zero-order valence-corrected chi connectivity index (χ0v) is 18.4. The number of halogens is 3. The fraction of sp³-hybridized carbons (Fsp3) is 0.524. The number of ether oxygens (including phenoxy) is 1. The monoisotopic (exact) mass is 442 g/mol. The SMILES string of the molecule is CCNC(=NCc1ccc(COCC(F)(F)F)cc1)NCCc1csc(C(C)C)n1. The Bertz CT molecular complexity index is 788. The molecule has 9 heteroatoms. The minimum atomic E-state index is -4.31. The first-order valence-electron chi connectivity index (χ1n) is 9.95. The number of guanidine groups is 1. The smallest absolute Gasteiger partial charge is 0.367 e. The zero-order valence-electron chi connectivity index (χ0n) is 17.6. The van der Waals surface area contributed by atoms with Gasteiger partial charge in [-0.3, -0.25) is 0 Å². The maximum Gasteiger partial charge on any atom is 0.411 e. The summed E-state index contributed by atoms with van der Waals surface area (Å²) < 4.78 is 41.0. The van der Waals surface area contributed by atoms with Gasteiger partial charge in [-0.15, -0.1) is 11.3 Å². The van der Waals surface area contributed by atoms with Gasteiger partial charge in [-0.1, -0.05) is 38.1 Å². The van der Waals surface area contributed by atoms with E-state index < -0.39 is 12.8 Å². The number of aromatic nitrogens is 1. The van der Waals surface area contributed by atoms with Crippen LogP contribution in [0.25, 0.3) is 0 Å². The first-order valence-corrected chi connectivity index (χ1v) is 10.8. The Labute approximate surface area is 179 Å². The summed E-state index contributed by atoms with van der Waals surface area (Å²) in [5.41, 5.74) is 2.74. The molecular formula is C21H29F3N4OS. The Balaban J connectivity index is 1.81. The van der Waals surface area contributed by atoms with Gasteiger partial charge in [0, 0.05) is 30.8 Å². The summed E-state index contributed by atoms with van der Waals surface area (Å²) in [7, 11) is 0. The molecular weight excluding hydrogens is 413 g/mol. The molecule has 0 saturated heterocycles. The molecule has 1 aromatic carbocycles. The highest BCUT2D eigenvalue weighted by atomic mass is 32.1. The first kappa shape index (κ1) is 24.1. The number of hydrogen-bond acceptors (Lipinski definition) is 4. The van der Waals surface area contributed by atoms with Crippen molar-refractivity contribution in [2.75, 3.05) is 19.7 Å². The Morgan fingerprint density at radius 2 is 1.87 bits per heavy atom. The van der Waals surface area contributed by atoms with Crippen molar-refractivity contribution in [3.63, 3.8) is 0 Å². The summed E-state index contributed by atoms with van der Waals surface area (Å²) in [5, 5.41) is 9.77. The van der Waals surface area contributed by atoms with E-state index >= 15 is 0 Å². The third-order valence-electron chi connectivity index (χ3n) is 4.06. The lowest BCUT2D eigenvalue weighted by Gasteiger charge is -2.11. The van der Waals surface area contributed by atoms with Crippen molar-refractivity contribution in [1.29, 1.82) is 0 Å². The predicted octanol–water partition coefficient (Wildman–Crippen LogP) is 4.64. The summed E-state index contributed by atoms with van der Waals surface area (Å²) >= 11 is 1.69. The fourth-order valence-corrected chi connectivity index (χ4v) is 3.42. The van der Waals surface area contributed by atoms with E-state index in [9.17, 15) is 13.2 Å². The second-order valence-corrected chi connectivity index (χ2v) is 8.02. The quantitative estimate of drug-likeness (QED) is 0.416. The zero-order chi connectivity index (χ0) is 22.0. The molecule has 1 heterocycles. The topological polar surface area (TPSA) is 58.5 Å². The van der Waals surface area contributed by atoms with E-state index in [-0.39, 0.29) is 6.61 Å². The molecule has 0 spiro atoms. The van der Waals surface area contributed by atoms with Gasteiger partial charge in [0.2, 0.25) is 0 Å². The van der Waals surface area contributed by atoms with Crippen molar-refractivity contribution in [3.8, 4) is 0 Å². The van der Waals surface area contributed by atoms with Crippen LogP contribution in [0.2, 0.25) is 0 Å². The van der Waals surface area contributed by atoms with Crippen LogP contribution < -0.4 is 10.6 Å². The molecule has 2 N–H and O–H groups in total. The number of aliphatic imine (C=N–C) groups is 1. The molecule has 2 aromatic rings. The van der Waals surface area contributed by atoms with E-state index in [2.05, 4.69) is 44.6 Å². The Hall–Kier alpha value is -2.13. The largest absolute Gasteiger partial charge is 0.411 e. The third-order valence-corrected chi connectivity index (χ3v) is 5.25. The molecule has 0 fully saturated rings. The molecule has 1 aromatic heterocycles. The molecule has 0 radical (unpaired) electrons. The lowest BCUT2D eigenvalue weighted by molar-refractivity contribution is -0.176. The molecule has 0 saturated carbocycles. The van der Waals surface area contributed by atoms with Gasteiger partial charge in [-0.05, 0) is 18.1 Å². The van der Waals surface area contributed by atoms with Crippen LogP contribution in [0.1, 0.15) is 48.5 Å². The highest BCUT2D eigenvalue weighted by Crippen LogP contribution is 2.19. The normalized spacial score (nSPS) is 12.4. The molecule has 0 atom stereocenters. The predicted molar refractivity (Wildman–Crippen MR) is 115 cm³/mol. The van der Waals surface area contributed by atoms with Gasteiger partial charge in [0.25, 0.3) is 0 Å². The molecule has 0 bridgehead atoms. The Morgan fingerprint density at radius 3 is 2.47 bits per heavy atom. The molecule has 0 aliphatic heterocycles. The van der Waals surface area contributed by atoms with Crippen LogP contribution in [-0.2, 0) is 24.3 Å². The fourth-order valence-electron chi connectivity index (χ4n) is 2.55. The minimum absolute atomic E-state index is 0.0671. The van der Waals surface area contributed by atoms with Gasteiger partial charge < -0.3 is 15.4 Å². The van der Waals surface area contributed by atoms with Gasteiger partial charge in [0.15, 0.2) is 5.96 Å². The summed E-state index contributed by atoms with van der Waals surface area (Å²) in [4.78, 5) is 9.20. The molecule has 166 valence electrons. The first-order chi connectivity index (χ1) is 14.3. The summed E-state index contributed by atoms with van der Waals surface area (Å²) in [6.07, 6.45) is -3.49. The molecule has 0 unspecified atom stereocenters. The average Bonchev–Trinajstić information content (AvgIpc) is 3.15. The number of benzene rings is 1. The molecule has 5 nitrogen and oxygen atoms in total. The van der Waals surface area contributed by atoms with Gasteiger partial charge >= 0.3 is 6.18 Å². The number of nitrogens with zero attached hydrogens (tertiary/aromatic N) is 2. The molecule has 30 heavy (non-hydrogen) atoms. The van der Waals surface area contributed by atoms with Crippen LogP contribution in [0.3, 0.4) is 0 Å². The Kier molecular flexibility index (Phi) is 9.58. The van der Waals surface area contributed by atoms with E-state index in [4.69, 9.17) is 0 Å². The lowest BCUT2D eigenvalue weighted by atomic mass is 10.1. The van der Waals surface area contributed by atoms with Crippen molar-refractivity contribution in [3.05, 3.63) is 51.5 Å². The van der Waals surface area contributed by atoms with Crippen LogP contribution in [0.5, 0.6) is 0 Å². The number of hydrogen-bond donors (Lipinski definition) is 2. The van der Waals surface area contributed by atoms with Gasteiger partial charge in [0.1, 0.15) is 6.61 Å².